The molecule has 4 heteroatoms. The first kappa shape index (κ1) is 12.5. The molecular formula is C12H17NO3. The van der Waals surface area contributed by atoms with E-state index < -0.39 is 0 Å². The van der Waals surface area contributed by atoms with E-state index in [2.05, 4.69) is 5.32 Å². The highest BCUT2D eigenvalue weighted by Gasteiger charge is 2.03. The largest absolute Gasteiger partial charge is 0.494 e. The van der Waals surface area contributed by atoms with Crippen LogP contribution in [0.2, 0.25) is 0 Å². The van der Waals surface area contributed by atoms with Gasteiger partial charge >= 0.3 is 0 Å². The van der Waals surface area contributed by atoms with Gasteiger partial charge in [0, 0.05) is 18.9 Å². The van der Waals surface area contributed by atoms with Crippen molar-refractivity contribution in [2.24, 2.45) is 0 Å². The van der Waals surface area contributed by atoms with Crippen molar-refractivity contribution in [1.29, 1.82) is 0 Å². The minimum Gasteiger partial charge on any atom is -0.494 e. The highest BCUT2D eigenvalue weighted by atomic mass is 16.5. The molecule has 1 N–H and O–H groups in total. The van der Waals surface area contributed by atoms with Crippen LogP contribution in [0.3, 0.4) is 0 Å². The van der Waals surface area contributed by atoms with Crippen LogP contribution in [0.4, 0.5) is 5.69 Å². The third-order valence-corrected chi connectivity index (χ3v) is 1.92. The Hall–Kier alpha value is -1.55. The molecule has 0 aliphatic rings. The topological polar surface area (TPSA) is 47.6 Å². The molecule has 0 saturated heterocycles. The minimum atomic E-state index is -0.171. The van der Waals surface area contributed by atoms with E-state index in [-0.39, 0.29) is 12.5 Å². The summed E-state index contributed by atoms with van der Waals surface area (Å²) >= 11 is 0. The zero-order chi connectivity index (χ0) is 12.0. The fraction of sp³-hybridized carbons (Fsp3) is 0.417. The van der Waals surface area contributed by atoms with Crippen molar-refractivity contribution in [2.75, 3.05) is 25.6 Å². The molecule has 0 aliphatic heterocycles. The van der Waals surface area contributed by atoms with Crippen molar-refractivity contribution in [3.63, 3.8) is 0 Å². The number of ether oxygens (including phenoxy) is 2. The van der Waals surface area contributed by atoms with E-state index >= 15 is 0 Å². The number of carbonyl (C=O) groups excluding carboxylic acids is 1. The van der Waals surface area contributed by atoms with Gasteiger partial charge in [-0.3, -0.25) is 4.79 Å². The molecule has 1 aromatic rings. The third kappa shape index (κ3) is 3.90. The summed E-state index contributed by atoms with van der Waals surface area (Å²) in [4.78, 5) is 11.3. The number of benzene rings is 1. The lowest BCUT2D eigenvalue weighted by Gasteiger charge is -2.09. The minimum absolute atomic E-state index is 0.0535. The molecule has 0 heterocycles. The summed E-state index contributed by atoms with van der Waals surface area (Å²) in [5.41, 5.74) is 1.77. The normalized spacial score (nSPS) is 9.94. The Morgan fingerprint density at radius 3 is 2.75 bits per heavy atom. The molecule has 0 fully saturated rings. The summed E-state index contributed by atoms with van der Waals surface area (Å²) < 4.78 is 10.1. The zero-order valence-corrected chi connectivity index (χ0v) is 9.87. The summed E-state index contributed by atoms with van der Waals surface area (Å²) in [6.45, 7) is 4.53. The third-order valence-electron chi connectivity index (χ3n) is 1.92. The highest BCUT2D eigenvalue weighted by molar-refractivity contribution is 5.91. The first-order valence-electron chi connectivity index (χ1n) is 5.19. The van der Waals surface area contributed by atoms with Crippen LogP contribution in [0.5, 0.6) is 5.75 Å². The van der Waals surface area contributed by atoms with Gasteiger partial charge in [0.2, 0.25) is 5.91 Å². The molecule has 0 aliphatic carbocycles. The predicted octanol–water partition coefficient (Wildman–Crippen LogP) is 1.98. The molecule has 16 heavy (non-hydrogen) atoms. The predicted molar refractivity (Wildman–Crippen MR) is 62.9 cm³/mol. The molecule has 0 radical (unpaired) electrons. The van der Waals surface area contributed by atoms with E-state index in [1.807, 2.05) is 26.0 Å². The quantitative estimate of drug-likeness (QED) is 0.830. The van der Waals surface area contributed by atoms with Gasteiger partial charge in [0.05, 0.1) is 6.61 Å². The smallest absolute Gasteiger partial charge is 0.250 e. The summed E-state index contributed by atoms with van der Waals surface area (Å²) in [7, 11) is 1.49. The van der Waals surface area contributed by atoms with Gasteiger partial charge in [-0.1, -0.05) is 0 Å². The van der Waals surface area contributed by atoms with Crippen LogP contribution in [-0.2, 0) is 9.53 Å². The second-order valence-electron chi connectivity index (χ2n) is 3.45. The van der Waals surface area contributed by atoms with E-state index in [0.717, 1.165) is 17.0 Å². The Bertz CT molecular complexity index is 363. The summed E-state index contributed by atoms with van der Waals surface area (Å²) in [6.07, 6.45) is 0. The van der Waals surface area contributed by atoms with E-state index in [0.29, 0.717) is 6.61 Å². The summed E-state index contributed by atoms with van der Waals surface area (Å²) in [6, 6.07) is 5.61. The zero-order valence-electron chi connectivity index (χ0n) is 9.87. The Morgan fingerprint density at radius 1 is 1.38 bits per heavy atom. The number of rotatable bonds is 5. The summed E-state index contributed by atoms with van der Waals surface area (Å²) in [5.74, 6) is 0.589. The van der Waals surface area contributed by atoms with Gasteiger partial charge in [-0.05, 0) is 31.5 Å². The maximum absolute atomic E-state index is 11.3. The van der Waals surface area contributed by atoms with Gasteiger partial charge in [0.25, 0.3) is 0 Å². The van der Waals surface area contributed by atoms with Crippen LogP contribution in [0, 0.1) is 6.92 Å². The Kier molecular flexibility index (Phi) is 4.79. The van der Waals surface area contributed by atoms with Gasteiger partial charge in [-0.15, -0.1) is 0 Å². The van der Waals surface area contributed by atoms with Gasteiger partial charge in [0.15, 0.2) is 0 Å². The molecule has 0 bridgehead atoms. The molecule has 0 spiro atoms. The molecule has 88 valence electrons. The van der Waals surface area contributed by atoms with Crippen molar-refractivity contribution < 1.29 is 14.3 Å². The van der Waals surface area contributed by atoms with Crippen molar-refractivity contribution in [3.05, 3.63) is 23.8 Å². The number of methoxy groups -OCH3 is 1. The lowest BCUT2D eigenvalue weighted by molar-refractivity contribution is -0.119. The van der Waals surface area contributed by atoms with Crippen molar-refractivity contribution in [3.8, 4) is 5.75 Å². The Labute approximate surface area is 95.6 Å². The van der Waals surface area contributed by atoms with Crippen LogP contribution >= 0.6 is 0 Å². The molecule has 1 amide bonds. The van der Waals surface area contributed by atoms with Crippen LogP contribution in [0.25, 0.3) is 0 Å². The molecule has 1 rings (SSSR count). The number of anilines is 1. The monoisotopic (exact) mass is 223 g/mol. The van der Waals surface area contributed by atoms with Crippen LogP contribution < -0.4 is 10.1 Å². The van der Waals surface area contributed by atoms with E-state index in [4.69, 9.17) is 9.47 Å². The number of aryl methyl sites for hydroxylation is 1. The first-order valence-corrected chi connectivity index (χ1v) is 5.19. The van der Waals surface area contributed by atoms with Gasteiger partial charge < -0.3 is 14.8 Å². The van der Waals surface area contributed by atoms with Crippen LogP contribution in [-0.4, -0.2) is 26.2 Å². The van der Waals surface area contributed by atoms with Gasteiger partial charge in [-0.25, -0.2) is 0 Å². The molecule has 0 saturated carbocycles. The van der Waals surface area contributed by atoms with Crippen molar-refractivity contribution in [1.82, 2.24) is 0 Å². The number of carbonyl (C=O) groups is 1. The molecule has 1 aromatic carbocycles. The molecule has 0 unspecified atom stereocenters. The molecular weight excluding hydrogens is 206 g/mol. The number of hydrogen-bond acceptors (Lipinski definition) is 3. The average Bonchev–Trinajstić information content (AvgIpc) is 2.17. The Morgan fingerprint density at radius 2 is 2.12 bits per heavy atom. The maximum Gasteiger partial charge on any atom is 0.250 e. The van der Waals surface area contributed by atoms with E-state index in [9.17, 15) is 4.79 Å². The van der Waals surface area contributed by atoms with E-state index in [1.54, 1.807) is 6.07 Å². The number of hydrogen-bond donors (Lipinski definition) is 1. The van der Waals surface area contributed by atoms with Crippen LogP contribution in [0.15, 0.2) is 18.2 Å². The second-order valence-corrected chi connectivity index (χ2v) is 3.45. The van der Waals surface area contributed by atoms with Crippen molar-refractivity contribution >= 4 is 11.6 Å². The molecule has 4 nitrogen and oxygen atoms in total. The van der Waals surface area contributed by atoms with E-state index in [1.165, 1.54) is 7.11 Å². The molecule has 0 aromatic heterocycles. The van der Waals surface area contributed by atoms with Gasteiger partial charge in [0.1, 0.15) is 12.4 Å². The summed E-state index contributed by atoms with van der Waals surface area (Å²) in [5, 5.41) is 2.74. The highest BCUT2D eigenvalue weighted by Crippen LogP contribution is 2.20. The lowest BCUT2D eigenvalue weighted by Crippen LogP contribution is -2.17. The Balaban J connectivity index is 2.75. The standard InChI is InChI=1S/C12H17NO3/c1-4-16-11-6-9(2)5-10(7-11)13-12(14)8-15-3/h5-7H,4,8H2,1-3H3,(H,13,14). The average molecular weight is 223 g/mol. The fourth-order valence-corrected chi connectivity index (χ4v) is 1.40. The number of amides is 1. The maximum atomic E-state index is 11.3. The molecule has 0 atom stereocenters. The number of nitrogens with one attached hydrogen (secondary N) is 1. The van der Waals surface area contributed by atoms with Crippen molar-refractivity contribution in [2.45, 2.75) is 13.8 Å². The lowest BCUT2D eigenvalue weighted by atomic mass is 10.2. The first-order chi connectivity index (χ1) is 7.65. The van der Waals surface area contributed by atoms with Gasteiger partial charge in [-0.2, -0.15) is 0 Å². The van der Waals surface area contributed by atoms with Crippen LogP contribution in [0.1, 0.15) is 12.5 Å². The SMILES string of the molecule is CCOc1cc(C)cc(NC(=O)COC)c1. The fourth-order valence-electron chi connectivity index (χ4n) is 1.40. The second kappa shape index (κ2) is 6.12.